The van der Waals surface area contributed by atoms with Gasteiger partial charge in [-0.1, -0.05) is 39.2 Å². The van der Waals surface area contributed by atoms with Crippen LogP contribution < -0.4 is 10.6 Å². The van der Waals surface area contributed by atoms with Crippen molar-refractivity contribution in [1.29, 1.82) is 0 Å². The fraction of sp³-hybridized carbons (Fsp3) is 0.357. The third kappa shape index (κ3) is 4.34. The van der Waals surface area contributed by atoms with E-state index < -0.39 is 0 Å². The molecular formula is C14H16BrClN2O. The van der Waals surface area contributed by atoms with E-state index in [2.05, 4.69) is 32.6 Å². The molecule has 1 aromatic carbocycles. The normalized spacial score (nSPS) is 14.9. The van der Waals surface area contributed by atoms with Crippen molar-refractivity contribution in [2.24, 2.45) is 0 Å². The number of benzene rings is 1. The summed E-state index contributed by atoms with van der Waals surface area (Å²) in [4.78, 5) is 12.0. The highest BCUT2D eigenvalue weighted by Gasteiger charge is 2.10. The van der Waals surface area contributed by atoms with E-state index in [0.717, 1.165) is 30.4 Å². The molecule has 0 unspecified atom stereocenters. The summed E-state index contributed by atoms with van der Waals surface area (Å²) in [5, 5.41) is 6.64. The summed E-state index contributed by atoms with van der Waals surface area (Å²) in [5.74, 6) is -0.118. The molecule has 2 rings (SSSR count). The van der Waals surface area contributed by atoms with Gasteiger partial charge in [-0.3, -0.25) is 4.79 Å². The molecule has 1 aliphatic heterocycles. The van der Waals surface area contributed by atoms with E-state index in [4.69, 9.17) is 11.6 Å². The lowest BCUT2D eigenvalue weighted by molar-refractivity contribution is 0.0954. The summed E-state index contributed by atoms with van der Waals surface area (Å²) >= 11 is 9.36. The quantitative estimate of drug-likeness (QED) is 0.825. The zero-order chi connectivity index (χ0) is 13.7. The minimum atomic E-state index is -0.118. The third-order valence-corrected chi connectivity index (χ3v) is 3.87. The van der Waals surface area contributed by atoms with Crippen molar-refractivity contribution < 1.29 is 4.79 Å². The molecule has 0 fully saturated rings. The molecule has 1 aromatic rings. The van der Waals surface area contributed by atoms with Crippen LogP contribution in [0.5, 0.6) is 0 Å². The van der Waals surface area contributed by atoms with E-state index in [1.54, 1.807) is 12.1 Å². The van der Waals surface area contributed by atoms with Crippen LogP contribution >= 0.6 is 27.5 Å². The molecule has 0 aliphatic carbocycles. The molecule has 19 heavy (non-hydrogen) atoms. The monoisotopic (exact) mass is 342 g/mol. The van der Waals surface area contributed by atoms with E-state index in [-0.39, 0.29) is 5.91 Å². The summed E-state index contributed by atoms with van der Waals surface area (Å²) in [6.45, 7) is 2.61. The van der Waals surface area contributed by atoms with Crippen LogP contribution in [0.1, 0.15) is 23.2 Å². The Balaban J connectivity index is 1.85. The fourth-order valence-corrected chi connectivity index (χ4v) is 2.76. The van der Waals surface area contributed by atoms with Gasteiger partial charge in [0.05, 0.1) is 10.6 Å². The van der Waals surface area contributed by atoms with E-state index in [9.17, 15) is 4.79 Å². The Morgan fingerprint density at radius 3 is 3.00 bits per heavy atom. The average molecular weight is 344 g/mol. The van der Waals surface area contributed by atoms with Crippen molar-refractivity contribution in [2.75, 3.05) is 19.6 Å². The number of halogens is 2. The number of carbonyl (C=O) groups is 1. The summed E-state index contributed by atoms with van der Waals surface area (Å²) in [5.41, 5.74) is 1.92. The van der Waals surface area contributed by atoms with Gasteiger partial charge in [-0.2, -0.15) is 0 Å². The first-order valence-corrected chi connectivity index (χ1v) is 7.46. The number of hydrogen-bond acceptors (Lipinski definition) is 2. The number of nitrogens with one attached hydrogen (secondary N) is 2. The van der Waals surface area contributed by atoms with E-state index in [1.165, 1.54) is 5.57 Å². The van der Waals surface area contributed by atoms with E-state index in [0.29, 0.717) is 17.1 Å². The van der Waals surface area contributed by atoms with Crippen molar-refractivity contribution in [1.82, 2.24) is 10.6 Å². The maximum atomic E-state index is 12.0. The first-order chi connectivity index (χ1) is 9.16. The van der Waals surface area contributed by atoms with Gasteiger partial charge in [0.15, 0.2) is 0 Å². The van der Waals surface area contributed by atoms with Crippen molar-refractivity contribution in [3.05, 3.63) is 44.9 Å². The largest absolute Gasteiger partial charge is 0.352 e. The van der Waals surface area contributed by atoms with Crippen LogP contribution in [0, 0.1) is 0 Å². The summed E-state index contributed by atoms with van der Waals surface area (Å²) in [7, 11) is 0. The first kappa shape index (κ1) is 14.6. The van der Waals surface area contributed by atoms with Gasteiger partial charge in [0, 0.05) is 17.6 Å². The Labute approximate surface area is 126 Å². The molecule has 1 heterocycles. The Bertz CT molecular complexity index is 502. The SMILES string of the molecule is O=C(NCCC1=CCNCC1)c1ccc(Br)cc1Cl. The Morgan fingerprint density at radius 2 is 2.32 bits per heavy atom. The smallest absolute Gasteiger partial charge is 0.252 e. The second-order valence-corrected chi connectivity index (χ2v) is 5.77. The lowest BCUT2D eigenvalue weighted by Gasteiger charge is -2.14. The van der Waals surface area contributed by atoms with Crippen LogP contribution in [-0.2, 0) is 0 Å². The van der Waals surface area contributed by atoms with Crippen molar-refractivity contribution in [3.63, 3.8) is 0 Å². The molecule has 0 bridgehead atoms. The van der Waals surface area contributed by atoms with Crippen LogP contribution in [0.15, 0.2) is 34.3 Å². The molecular weight excluding hydrogens is 328 g/mol. The van der Waals surface area contributed by atoms with Gasteiger partial charge in [0.25, 0.3) is 5.91 Å². The van der Waals surface area contributed by atoms with Crippen LogP contribution in [0.25, 0.3) is 0 Å². The zero-order valence-corrected chi connectivity index (χ0v) is 12.9. The third-order valence-electron chi connectivity index (χ3n) is 3.07. The Kier molecular flexibility index (Phi) is 5.43. The van der Waals surface area contributed by atoms with Crippen LogP contribution in [0.4, 0.5) is 0 Å². The number of carbonyl (C=O) groups excluding carboxylic acids is 1. The maximum absolute atomic E-state index is 12.0. The fourth-order valence-electron chi connectivity index (χ4n) is 2.00. The molecule has 1 aliphatic rings. The van der Waals surface area contributed by atoms with Crippen LogP contribution in [0.3, 0.4) is 0 Å². The maximum Gasteiger partial charge on any atom is 0.252 e. The second-order valence-electron chi connectivity index (χ2n) is 4.45. The number of hydrogen-bond donors (Lipinski definition) is 2. The highest BCUT2D eigenvalue weighted by molar-refractivity contribution is 9.10. The predicted molar refractivity (Wildman–Crippen MR) is 81.7 cm³/mol. The molecule has 3 nitrogen and oxygen atoms in total. The van der Waals surface area contributed by atoms with Crippen molar-refractivity contribution in [2.45, 2.75) is 12.8 Å². The van der Waals surface area contributed by atoms with Gasteiger partial charge < -0.3 is 10.6 Å². The topological polar surface area (TPSA) is 41.1 Å². The predicted octanol–water partition coefficient (Wildman–Crippen LogP) is 3.14. The van der Waals surface area contributed by atoms with Crippen molar-refractivity contribution >= 4 is 33.4 Å². The van der Waals surface area contributed by atoms with Crippen molar-refractivity contribution in [3.8, 4) is 0 Å². The Hall–Kier alpha value is -0.840. The van der Waals surface area contributed by atoms with Gasteiger partial charge in [-0.25, -0.2) is 0 Å². The molecule has 102 valence electrons. The average Bonchev–Trinajstić information content (AvgIpc) is 2.39. The first-order valence-electron chi connectivity index (χ1n) is 6.28. The van der Waals surface area contributed by atoms with Gasteiger partial charge in [-0.15, -0.1) is 0 Å². The summed E-state index contributed by atoms with van der Waals surface area (Å²) in [6, 6.07) is 5.27. The lowest BCUT2D eigenvalue weighted by Crippen LogP contribution is -2.26. The zero-order valence-electron chi connectivity index (χ0n) is 10.5. The molecule has 5 heteroatoms. The van der Waals surface area contributed by atoms with Gasteiger partial charge in [0.1, 0.15) is 0 Å². The van der Waals surface area contributed by atoms with Gasteiger partial charge >= 0.3 is 0 Å². The molecule has 0 saturated heterocycles. The molecule has 0 saturated carbocycles. The summed E-state index contributed by atoms with van der Waals surface area (Å²) in [6.07, 6.45) is 4.17. The number of amides is 1. The van der Waals surface area contributed by atoms with Crippen LogP contribution in [-0.4, -0.2) is 25.5 Å². The molecule has 0 atom stereocenters. The standard InChI is InChI=1S/C14H16BrClN2O/c15-11-1-2-12(13(16)9-11)14(19)18-8-5-10-3-6-17-7-4-10/h1-3,9,17H,4-8H2,(H,18,19). The highest BCUT2D eigenvalue weighted by atomic mass is 79.9. The molecule has 2 N–H and O–H groups in total. The Morgan fingerprint density at radius 1 is 1.47 bits per heavy atom. The van der Waals surface area contributed by atoms with Crippen LogP contribution in [0.2, 0.25) is 5.02 Å². The van der Waals surface area contributed by atoms with E-state index in [1.807, 2.05) is 6.07 Å². The minimum absolute atomic E-state index is 0.118. The summed E-state index contributed by atoms with van der Waals surface area (Å²) < 4.78 is 0.869. The number of rotatable bonds is 4. The van der Waals surface area contributed by atoms with Gasteiger partial charge in [-0.05, 0) is 37.6 Å². The minimum Gasteiger partial charge on any atom is -0.352 e. The van der Waals surface area contributed by atoms with E-state index >= 15 is 0 Å². The molecule has 0 spiro atoms. The molecule has 0 radical (unpaired) electrons. The highest BCUT2D eigenvalue weighted by Crippen LogP contribution is 2.21. The second kappa shape index (κ2) is 7.08. The molecule has 0 aromatic heterocycles. The van der Waals surface area contributed by atoms with Gasteiger partial charge in [0.2, 0.25) is 0 Å². The molecule has 1 amide bonds. The lowest BCUT2D eigenvalue weighted by atomic mass is 10.1.